The lowest BCUT2D eigenvalue weighted by Crippen LogP contribution is -2.12. The van der Waals surface area contributed by atoms with Gasteiger partial charge in [-0.2, -0.15) is 0 Å². The molecular weight excluding hydrogens is 84.1 g/mol. The largest absolute Gasteiger partial charge is 0.0623 e. The Morgan fingerprint density at radius 2 is 1.86 bits per heavy atom. The molecule has 7 heavy (non-hydrogen) atoms. The molecule has 0 fully saturated rings. The van der Waals surface area contributed by atoms with Crippen LogP contribution < -0.4 is 0 Å². The first-order valence-corrected chi connectivity index (χ1v) is 2.80. The number of hydrogen-bond donors (Lipinski definition) is 0. The molecule has 44 valence electrons. The highest BCUT2D eigenvalue weighted by Gasteiger charge is 2.13. The molecule has 0 atom stereocenters. The summed E-state index contributed by atoms with van der Waals surface area (Å²) in [6.45, 7) is 9.11. The van der Waals surface area contributed by atoms with Crippen molar-refractivity contribution in [3.8, 4) is 0 Å². The van der Waals surface area contributed by atoms with Crippen LogP contribution in [-0.4, -0.2) is 0 Å². The molecule has 0 saturated heterocycles. The van der Waals surface area contributed by atoms with Gasteiger partial charge in [0, 0.05) is 1.37 Å². The summed E-state index contributed by atoms with van der Waals surface area (Å²) < 4.78 is 7.14. The van der Waals surface area contributed by atoms with Crippen LogP contribution in [0.15, 0.2) is 0 Å². The van der Waals surface area contributed by atoms with Gasteiger partial charge >= 0.3 is 0 Å². The standard InChI is InChI=1S/C7H16/c1-6(2)7(3,4)5/h6H,1-5H3/i3T. The van der Waals surface area contributed by atoms with Gasteiger partial charge in [-0.25, -0.2) is 0 Å². The zero-order valence-corrected chi connectivity index (χ0v) is 5.78. The minimum absolute atomic E-state index is 0.208. The van der Waals surface area contributed by atoms with E-state index in [2.05, 4.69) is 27.7 Å². The van der Waals surface area contributed by atoms with Gasteiger partial charge < -0.3 is 0 Å². The van der Waals surface area contributed by atoms with Gasteiger partial charge in [-0.15, -0.1) is 0 Å². The van der Waals surface area contributed by atoms with Gasteiger partial charge in [0.1, 0.15) is 0 Å². The molecule has 0 aromatic rings. The van der Waals surface area contributed by atoms with Crippen molar-refractivity contribution in [3.05, 3.63) is 0 Å². The molecule has 0 aliphatic heterocycles. The lowest BCUT2D eigenvalue weighted by atomic mass is 9.84. The second-order valence-corrected chi connectivity index (χ2v) is 3.14. The van der Waals surface area contributed by atoms with Gasteiger partial charge in [0.2, 0.25) is 0 Å². The van der Waals surface area contributed by atoms with E-state index in [9.17, 15) is 0 Å². The van der Waals surface area contributed by atoms with Crippen LogP contribution in [0.5, 0.6) is 0 Å². The predicted molar refractivity (Wildman–Crippen MR) is 34.3 cm³/mol. The van der Waals surface area contributed by atoms with E-state index in [0.29, 0.717) is 12.8 Å². The molecule has 0 rings (SSSR count). The monoisotopic (exact) mass is 102 g/mol. The normalized spacial score (nSPS) is 14.7. The van der Waals surface area contributed by atoms with Crippen LogP contribution in [0, 0.1) is 11.3 Å². The number of hydrogen-bond acceptors (Lipinski definition) is 0. The van der Waals surface area contributed by atoms with E-state index in [1.165, 1.54) is 0 Å². The molecule has 0 aromatic carbocycles. The van der Waals surface area contributed by atoms with Crippen molar-refractivity contribution in [1.29, 1.82) is 0 Å². The van der Waals surface area contributed by atoms with Crippen LogP contribution >= 0.6 is 0 Å². The van der Waals surface area contributed by atoms with Gasteiger partial charge in [-0.1, -0.05) is 34.6 Å². The summed E-state index contributed by atoms with van der Waals surface area (Å²) in [5.41, 5.74) is 0.208. The molecule has 0 unspecified atom stereocenters. The fourth-order valence-electron chi connectivity index (χ4n) is 0. The Morgan fingerprint density at radius 3 is 1.86 bits per heavy atom. The van der Waals surface area contributed by atoms with Gasteiger partial charge in [0.05, 0.1) is 0 Å². The molecule has 0 nitrogen and oxygen atoms in total. The molecule has 0 heterocycles. The third-order valence-corrected chi connectivity index (χ3v) is 1.56. The second-order valence-electron chi connectivity index (χ2n) is 3.14. The zero-order chi connectivity index (χ0) is 6.78. The summed E-state index contributed by atoms with van der Waals surface area (Å²) in [7, 11) is 0. The van der Waals surface area contributed by atoms with E-state index in [1.807, 2.05) is 0 Å². The molecule has 0 bridgehead atoms. The predicted octanol–water partition coefficient (Wildman–Crippen LogP) is 2.69. The molecule has 0 amide bonds. The Morgan fingerprint density at radius 1 is 1.43 bits per heavy atom. The molecule has 0 spiro atoms. The molecule has 0 saturated carbocycles. The van der Waals surface area contributed by atoms with Crippen LogP contribution in [0.1, 0.15) is 36.0 Å². The zero-order valence-electron chi connectivity index (χ0n) is 6.78. The van der Waals surface area contributed by atoms with Crippen molar-refractivity contribution in [2.75, 3.05) is 0 Å². The molecule has 0 aliphatic rings. The molecule has 0 aliphatic carbocycles. The Kier molecular flexibility index (Phi) is 1.36. The fraction of sp³-hybridized carbons (Fsp3) is 1.00. The van der Waals surface area contributed by atoms with Crippen LogP contribution in [-0.2, 0) is 0 Å². The third kappa shape index (κ3) is 2.67. The first kappa shape index (κ1) is 5.14. The van der Waals surface area contributed by atoms with E-state index in [0.717, 1.165) is 0 Å². The van der Waals surface area contributed by atoms with Gasteiger partial charge in [0.15, 0.2) is 0 Å². The Balaban J connectivity index is 3.71. The Hall–Kier alpha value is 0. The average molecular weight is 102 g/mol. The van der Waals surface area contributed by atoms with Crippen LogP contribution in [0.4, 0.5) is 0 Å². The summed E-state index contributed by atoms with van der Waals surface area (Å²) in [6.07, 6.45) is 0. The smallest absolute Gasteiger partial charge is 0.0236 e. The Bertz CT molecular complexity index is 64.8. The summed E-state index contributed by atoms with van der Waals surface area (Å²) in [5, 5.41) is 0. The summed E-state index contributed by atoms with van der Waals surface area (Å²) in [4.78, 5) is 0. The van der Waals surface area contributed by atoms with Gasteiger partial charge in [-0.05, 0) is 11.3 Å². The van der Waals surface area contributed by atoms with E-state index in [4.69, 9.17) is 1.37 Å². The summed E-state index contributed by atoms with van der Waals surface area (Å²) in [5.74, 6) is 0.625. The van der Waals surface area contributed by atoms with E-state index >= 15 is 0 Å². The van der Waals surface area contributed by atoms with Crippen LogP contribution in [0.25, 0.3) is 0 Å². The molecular formula is C7H16. The highest BCUT2D eigenvalue weighted by molar-refractivity contribution is 4.64. The van der Waals surface area contributed by atoms with Crippen molar-refractivity contribution in [2.24, 2.45) is 11.3 Å². The summed E-state index contributed by atoms with van der Waals surface area (Å²) in [6, 6.07) is 0. The highest BCUT2D eigenvalue weighted by Crippen LogP contribution is 2.23. The topological polar surface area (TPSA) is 0 Å². The average Bonchev–Trinajstić information content (AvgIpc) is 1.67. The third-order valence-electron chi connectivity index (χ3n) is 1.56. The number of rotatable bonds is 0. The van der Waals surface area contributed by atoms with E-state index in [1.54, 1.807) is 0 Å². The van der Waals surface area contributed by atoms with E-state index < -0.39 is 0 Å². The lowest BCUT2D eigenvalue weighted by molar-refractivity contribution is 0.283. The minimum Gasteiger partial charge on any atom is -0.0623 e. The molecule has 0 heteroatoms. The molecule has 0 N–H and O–H groups in total. The first-order valence-electron chi connectivity index (χ1n) is 3.50. The van der Waals surface area contributed by atoms with Crippen LogP contribution in [0.2, 0.25) is 0 Å². The minimum atomic E-state index is 0.208. The maximum absolute atomic E-state index is 7.14. The Labute approximate surface area is 48.3 Å². The quantitative estimate of drug-likeness (QED) is 0.441. The maximum atomic E-state index is 7.14. The van der Waals surface area contributed by atoms with Gasteiger partial charge in [0.25, 0.3) is 0 Å². The van der Waals surface area contributed by atoms with Crippen molar-refractivity contribution in [1.82, 2.24) is 0 Å². The molecule has 0 aromatic heterocycles. The lowest BCUT2D eigenvalue weighted by Gasteiger charge is -2.22. The highest BCUT2D eigenvalue weighted by atomic mass is 14.2. The van der Waals surface area contributed by atoms with Gasteiger partial charge in [-0.3, -0.25) is 0 Å². The van der Waals surface area contributed by atoms with Crippen molar-refractivity contribution in [3.63, 3.8) is 0 Å². The second kappa shape index (κ2) is 1.85. The maximum Gasteiger partial charge on any atom is 0.0236 e. The van der Waals surface area contributed by atoms with Crippen LogP contribution in [0.3, 0.4) is 0 Å². The van der Waals surface area contributed by atoms with Crippen molar-refractivity contribution in [2.45, 2.75) is 34.6 Å². The molecule has 0 radical (unpaired) electrons. The fourth-order valence-corrected chi connectivity index (χ4v) is 0. The SMILES string of the molecule is [3H]CC(C)(C)C(C)C. The first-order chi connectivity index (χ1) is 3.50. The van der Waals surface area contributed by atoms with Crippen molar-refractivity contribution < 1.29 is 1.37 Å². The van der Waals surface area contributed by atoms with Crippen molar-refractivity contribution >= 4 is 0 Å². The summed E-state index contributed by atoms with van der Waals surface area (Å²) >= 11 is 0. The van der Waals surface area contributed by atoms with E-state index in [-0.39, 0.29) is 5.41 Å².